The third kappa shape index (κ3) is 9.89. The van der Waals surface area contributed by atoms with E-state index in [0.29, 0.717) is 75.4 Å². The Balaban J connectivity index is 0.955. The van der Waals surface area contributed by atoms with E-state index in [1.807, 2.05) is 19.9 Å². The summed E-state index contributed by atoms with van der Waals surface area (Å²) in [6, 6.07) is 0. The van der Waals surface area contributed by atoms with Crippen LogP contribution < -0.4 is 0 Å². The number of carbonyl (C=O) groups excluding carboxylic acids is 1. The van der Waals surface area contributed by atoms with E-state index in [-0.39, 0.29) is 36.6 Å². The van der Waals surface area contributed by atoms with Gasteiger partial charge in [-0.15, -0.1) is 0 Å². The molecule has 0 amide bonds. The molecule has 6 fully saturated rings. The maximum Gasteiger partial charge on any atom is 0.335 e. The Morgan fingerprint density at radius 1 is 1.02 bits per heavy atom. The molecule has 14 nitrogen and oxygen atoms in total. The molecule has 6 saturated heterocycles. The molecule has 61 heavy (non-hydrogen) atoms. The predicted octanol–water partition coefficient (Wildman–Crippen LogP) is 6.03. The average Bonchev–Trinajstić information content (AvgIpc) is 3.59. The van der Waals surface area contributed by atoms with Crippen molar-refractivity contribution in [3.63, 3.8) is 0 Å². The molecule has 0 radical (unpaired) electrons. The van der Waals surface area contributed by atoms with Crippen LogP contribution in [0, 0.1) is 23.7 Å². The summed E-state index contributed by atoms with van der Waals surface area (Å²) in [5.41, 5.74) is -0.571. The van der Waals surface area contributed by atoms with Crippen molar-refractivity contribution < 1.29 is 67.9 Å². The monoisotopic (exact) mass is 860 g/mol. The Hall–Kier alpha value is -2.24. The fourth-order valence-corrected chi connectivity index (χ4v) is 11.2. The van der Waals surface area contributed by atoms with Gasteiger partial charge in [0.1, 0.15) is 30.5 Å². The van der Waals surface area contributed by atoms with Crippen LogP contribution in [0.5, 0.6) is 0 Å². The number of hydrogen-bond acceptors (Lipinski definition) is 13. The van der Waals surface area contributed by atoms with E-state index in [0.717, 1.165) is 31.3 Å². The van der Waals surface area contributed by atoms with Gasteiger partial charge in [-0.25, -0.2) is 4.79 Å². The highest BCUT2D eigenvalue weighted by atomic mass is 16.7. The SMILES string of the molecule is C=C1[C@@H](O)[C@@H]2O[C@]3(CC[C@H](/C=C/[C@@H](C)[C@@H]4CC(C)=C[C@@]5(O[C@H](C[C@@](C)(O)C(=O)O)CC[C@H]5O)O4)O3)CC[C@H]2O[C@@H]1[C@H](C[C@H](C)[C@H]1O[C@@]2(CC[C@H]1C)OCCC[C@H]2C)OC(C)=O. The number of aliphatic hydroxyl groups excluding tert-OH is 2. The van der Waals surface area contributed by atoms with Gasteiger partial charge in [0.2, 0.25) is 5.79 Å². The van der Waals surface area contributed by atoms with Gasteiger partial charge in [0.15, 0.2) is 17.2 Å². The molecule has 0 aromatic rings. The molecule has 14 heteroatoms. The van der Waals surface area contributed by atoms with Crippen LogP contribution in [0.2, 0.25) is 0 Å². The Labute approximate surface area is 361 Å². The second-order valence-electron chi connectivity index (χ2n) is 19.9. The summed E-state index contributed by atoms with van der Waals surface area (Å²) in [5, 5.41) is 42.8. The molecule has 18 atom stereocenters. The van der Waals surface area contributed by atoms with Crippen molar-refractivity contribution in [1.29, 1.82) is 0 Å². The number of aliphatic carboxylic acids is 1. The number of carboxylic acids is 1. The van der Waals surface area contributed by atoms with Crippen LogP contribution in [0.4, 0.5) is 0 Å². The Morgan fingerprint density at radius 3 is 2.49 bits per heavy atom. The summed E-state index contributed by atoms with van der Waals surface area (Å²) in [7, 11) is 0. The summed E-state index contributed by atoms with van der Waals surface area (Å²) in [6.07, 6.45) is 8.14. The lowest BCUT2D eigenvalue weighted by atomic mass is 9.78. The number of esters is 1. The minimum atomic E-state index is -1.97. The molecule has 344 valence electrons. The zero-order chi connectivity index (χ0) is 44.1. The zero-order valence-corrected chi connectivity index (χ0v) is 37.3. The Bertz CT molecular complexity index is 1660. The largest absolute Gasteiger partial charge is 0.479 e. The maximum atomic E-state index is 12.5. The molecule has 0 saturated carbocycles. The van der Waals surface area contributed by atoms with E-state index in [9.17, 15) is 30.0 Å². The van der Waals surface area contributed by atoms with E-state index in [4.69, 9.17) is 37.9 Å². The van der Waals surface area contributed by atoms with Gasteiger partial charge in [-0.3, -0.25) is 4.79 Å². The van der Waals surface area contributed by atoms with Crippen molar-refractivity contribution in [3.05, 3.63) is 36.0 Å². The van der Waals surface area contributed by atoms with Crippen LogP contribution in [0.3, 0.4) is 0 Å². The number of ether oxygens (including phenoxy) is 8. The van der Waals surface area contributed by atoms with Crippen LogP contribution >= 0.6 is 0 Å². The second kappa shape index (κ2) is 18.3. The molecular formula is C47H72O14. The molecule has 7 rings (SSSR count). The van der Waals surface area contributed by atoms with E-state index < -0.39 is 77.6 Å². The van der Waals surface area contributed by atoms with Gasteiger partial charge in [-0.2, -0.15) is 0 Å². The molecule has 0 aromatic heterocycles. The molecule has 0 unspecified atom stereocenters. The van der Waals surface area contributed by atoms with Crippen LogP contribution in [0.15, 0.2) is 36.0 Å². The highest BCUT2D eigenvalue weighted by Crippen LogP contribution is 2.48. The Kier molecular flexibility index (Phi) is 14.0. The van der Waals surface area contributed by atoms with Crippen LogP contribution in [0.1, 0.15) is 132 Å². The minimum Gasteiger partial charge on any atom is -0.479 e. The van der Waals surface area contributed by atoms with Crippen molar-refractivity contribution in [3.8, 4) is 0 Å². The first-order valence-corrected chi connectivity index (χ1v) is 23.0. The number of fused-ring (bicyclic) bond motifs is 1. The number of hydrogen-bond donors (Lipinski definition) is 4. The van der Waals surface area contributed by atoms with Crippen LogP contribution in [-0.2, 0) is 47.5 Å². The lowest BCUT2D eigenvalue weighted by Crippen LogP contribution is -2.60. The molecular weight excluding hydrogens is 789 g/mol. The number of aliphatic hydroxyl groups is 3. The summed E-state index contributed by atoms with van der Waals surface area (Å²) in [6.45, 7) is 18.2. The van der Waals surface area contributed by atoms with Gasteiger partial charge in [0.25, 0.3) is 0 Å². The third-order valence-electron chi connectivity index (χ3n) is 14.8. The van der Waals surface area contributed by atoms with Gasteiger partial charge >= 0.3 is 11.9 Å². The smallest absolute Gasteiger partial charge is 0.335 e. The highest BCUT2D eigenvalue weighted by Gasteiger charge is 2.56. The number of carbonyl (C=O) groups is 2. The molecule has 3 spiro atoms. The van der Waals surface area contributed by atoms with Gasteiger partial charge in [-0.05, 0) is 95.1 Å². The number of rotatable bonds is 11. The summed E-state index contributed by atoms with van der Waals surface area (Å²) in [4.78, 5) is 24.1. The predicted molar refractivity (Wildman–Crippen MR) is 222 cm³/mol. The zero-order valence-electron chi connectivity index (χ0n) is 37.3. The highest BCUT2D eigenvalue weighted by molar-refractivity contribution is 5.76. The molecule has 7 aliphatic heterocycles. The quantitative estimate of drug-likeness (QED) is 0.139. The van der Waals surface area contributed by atoms with E-state index >= 15 is 0 Å². The van der Waals surface area contributed by atoms with Gasteiger partial charge < -0.3 is 58.3 Å². The van der Waals surface area contributed by atoms with E-state index in [1.54, 1.807) is 6.08 Å². The Morgan fingerprint density at radius 2 is 1.77 bits per heavy atom. The number of carboxylic acid groups (broad SMARTS) is 1. The summed E-state index contributed by atoms with van der Waals surface area (Å²) >= 11 is 0. The molecule has 4 N–H and O–H groups in total. The van der Waals surface area contributed by atoms with Gasteiger partial charge in [0, 0.05) is 44.4 Å². The molecule has 7 heterocycles. The minimum absolute atomic E-state index is 0.00553. The molecule has 0 aromatic carbocycles. The lowest BCUT2D eigenvalue weighted by Gasteiger charge is -2.51. The van der Waals surface area contributed by atoms with Crippen LogP contribution in [0.25, 0.3) is 0 Å². The average molecular weight is 861 g/mol. The first kappa shape index (κ1) is 46.7. The molecule has 0 bridgehead atoms. The van der Waals surface area contributed by atoms with Crippen molar-refractivity contribution in [2.24, 2.45) is 23.7 Å². The lowest BCUT2D eigenvalue weighted by molar-refractivity contribution is -0.334. The summed E-state index contributed by atoms with van der Waals surface area (Å²) in [5.74, 6) is -4.18. The van der Waals surface area contributed by atoms with Crippen LogP contribution in [-0.4, -0.2) is 123 Å². The first-order chi connectivity index (χ1) is 28.7. The van der Waals surface area contributed by atoms with Crippen molar-refractivity contribution in [2.45, 2.75) is 216 Å². The first-order valence-electron chi connectivity index (χ1n) is 23.0. The maximum absolute atomic E-state index is 12.5. The van der Waals surface area contributed by atoms with E-state index in [1.165, 1.54) is 13.8 Å². The topological polar surface area (TPSA) is 189 Å². The molecule has 7 aliphatic rings. The van der Waals surface area contributed by atoms with Gasteiger partial charge in [0.05, 0.1) is 37.1 Å². The standard InChI is InChI=1S/C47H72O14/c1-26-22-36(59-47(24-26)38(49)14-13-34(58-47)25-44(8,53)43(51)52)27(2)11-12-33-16-18-45(57-33)19-17-35-42(60-45)39(50)31(6)41(56-35)37(55-32(7)48)23-29(4)40-28(3)15-20-46(61-40)30(5)10-9-21-54-46/h11-12,24,27-30,33-42,49-50,53H,6,9-10,13-23,25H2,1-5,7-8H3,(H,51,52)/b12-11+/t27-,28-,29+,30-,33+,34+,35-,36+,37+,38-,39-,40+,41+,42-,44-,45-,46-,47-/m1/s1. The van der Waals surface area contributed by atoms with E-state index in [2.05, 4.69) is 33.4 Å². The van der Waals surface area contributed by atoms with Crippen molar-refractivity contribution >= 4 is 11.9 Å². The fraction of sp³-hybridized carbons (Fsp3) is 0.830. The normalized spacial score (nSPS) is 44.3. The fourth-order valence-electron chi connectivity index (χ4n) is 11.2. The third-order valence-corrected chi connectivity index (χ3v) is 14.8. The second-order valence-corrected chi connectivity index (χ2v) is 19.9. The molecule has 0 aliphatic carbocycles. The summed E-state index contributed by atoms with van der Waals surface area (Å²) < 4.78 is 51.9. The van der Waals surface area contributed by atoms with Crippen molar-refractivity contribution in [1.82, 2.24) is 0 Å². The van der Waals surface area contributed by atoms with Gasteiger partial charge in [-0.1, -0.05) is 52.0 Å². The van der Waals surface area contributed by atoms with Crippen molar-refractivity contribution in [2.75, 3.05) is 6.61 Å².